The average molecular weight is 350 g/mol. The Morgan fingerprint density at radius 1 is 1.12 bits per heavy atom. The highest BCUT2D eigenvalue weighted by Gasteiger charge is 2.31. The van der Waals surface area contributed by atoms with E-state index in [0.29, 0.717) is 16.7 Å². The molecule has 2 heterocycles. The fraction of sp³-hybridized carbons (Fsp3) is 0.100. The second-order valence-electron chi connectivity index (χ2n) is 5.93. The molecule has 6 nitrogen and oxygen atoms in total. The number of hydrogen-bond acceptors (Lipinski definition) is 6. The first-order valence-corrected chi connectivity index (χ1v) is 7.86. The van der Waals surface area contributed by atoms with Crippen LogP contribution in [-0.4, -0.2) is 18.0 Å². The van der Waals surface area contributed by atoms with Crippen molar-refractivity contribution in [3.05, 3.63) is 69.3 Å². The van der Waals surface area contributed by atoms with Crippen LogP contribution in [0.1, 0.15) is 21.5 Å². The normalized spacial score (nSPS) is 14.5. The standard InChI is InChI=1S/C20H14O6/c1-10-7-17(22)26-20-12(10)4-6-14-18(20)19(23)16(25-14)9-11-3-5-13(21)15(8-11)24-2/h3-9,21H,1-2H3. The molecule has 0 spiro atoms. The molecular formula is C20H14O6. The maximum Gasteiger partial charge on any atom is 0.336 e. The van der Waals surface area contributed by atoms with Gasteiger partial charge >= 0.3 is 5.63 Å². The summed E-state index contributed by atoms with van der Waals surface area (Å²) in [4.78, 5) is 24.5. The maximum absolute atomic E-state index is 12.8. The van der Waals surface area contributed by atoms with Gasteiger partial charge in [0, 0.05) is 11.5 Å². The van der Waals surface area contributed by atoms with Crippen molar-refractivity contribution >= 4 is 22.8 Å². The Bertz CT molecular complexity index is 1150. The van der Waals surface area contributed by atoms with Crippen LogP contribution in [0.4, 0.5) is 0 Å². The van der Waals surface area contributed by atoms with Gasteiger partial charge in [-0.2, -0.15) is 0 Å². The van der Waals surface area contributed by atoms with Gasteiger partial charge in [0.2, 0.25) is 5.78 Å². The largest absolute Gasteiger partial charge is 0.504 e. The summed E-state index contributed by atoms with van der Waals surface area (Å²) >= 11 is 0. The van der Waals surface area contributed by atoms with Gasteiger partial charge in [-0.3, -0.25) is 4.79 Å². The van der Waals surface area contributed by atoms with E-state index in [9.17, 15) is 14.7 Å². The van der Waals surface area contributed by atoms with Crippen LogP contribution in [-0.2, 0) is 0 Å². The zero-order chi connectivity index (χ0) is 18.4. The molecule has 0 amide bonds. The molecule has 1 aliphatic rings. The molecule has 1 N–H and O–H groups in total. The third-order valence-electron chi connectivity index (χ3n) is 4.25. The van der Waals surface area contributed by atoms with Crippen LogP contribution in [0.3, 0.4) is 0 Å². The van der Waals surface area contributed by atoms with Crippen molar-refractivity contribution in [2.24, 2.45) is 0 Å². The van der Waals surface area contributed by atoms with E-state index < -0.39 is 5.63 Å². The van der Waals surface area contributed by atoms with Crippen LogP contribution in [0.2, 0.25) is 0 Å². The Balaban J connectivity index is 1.84. The quantitative estimate of drug-likeness (QED) is 0.563. The van der Waals surface area contributed by atoms with Crippen LogP contribution in [0.25, 0.3) is 17.0 Å². The summed E-state index contributed by atoms with van der Waals surface area (Å²) in [6.45, 7) is 1.78. The first-order chi connectivity index (χ1) is 12.5. The lowest BCUT2D eigenvalue weighted by molar-refractivity contribution is 0.101. The van der Waals surface area contributed by atoms with Gasteiger partial charge in [-0.25, -0.2) is 4.79 Å². The number of allylic oxidation sites excluding steroid dienone is 1. The first kappa shape index (κ1) is 16.0. The molecule has 6 heteroatoms. The number of phenols is 1. The molecule has 0 saturated carbocycles. The van der Waals surface area contributed by atoms with Crippen molar-refractivity contribution in [3.8, 4) is 17.2 Å². The molecule has 0 saturated heterocycles. The topological polar surface area (TPSA) is 86.0 Å². The zero-order valence-electron chi connectivity index (χ0n) is 14.0. The van der Waals surface area contributed by atoms with Gasteiger partial charge in [-0.05, 0) is 48.4 Å². The minimum absolute atomic E-state index is 0.000141. The summed E-state index contributed by atoms with van der Waals surface area (Å²) in [5, 5.41) is 10.4. The number of carbonyl (C=O) groups is 1. The molecule has 0 bridgehead atoms. The second kappa shape index (κ2) is 5.77. The summed E-state index contributed by atoms with van der Waals surface area (Å²) in [7, 11) is 1.44. The molecular weight excluding hydrogens is 336 g/mol. The zero-order valence-corrected chi connectivity index (χ0v) is 14.0. The van der Waals surface area contributed by atoms with E-state index in [4.69, 9.17) is 13.9 Å². The molecule has 1 aliphatic heterocycles. The average Bonchev–Trinajstić information content (AvgIpc) is 2.92. The molecule has 0 fully saturated rings. The number of fused-ring (bicyclic) bond motifs is 3. The van der Waals surface area contributed by atoms with E-state index in [1.807, 2.05) is 0 Å². The van der Waals surface area contributed by atoms with Crippen molar-refractivity contribution in [3.63, 3.8) is 0 Å². The maximum atomic E-state index is 12.8. The summed E-state index contributed by atoms with van der Waals surface area (Å²) in [6, 6.07) is 9.51. The van der Waals surface area contributed by atoms with Crippen molar-refractivity contribution in [1.82, 2.24) is 0 Å². The van der Waals surface area contributed by atoms with Crippen molar-refractivity contribution in [2.75, 3.05) is 7.11 Å². The number of aromatic hydroxyl groups is 1. The van der Waals surface area contributed by atoms with Crippen LogP contribution in [0.5, 0.6) is 17.2 Å². The number of phenolic OH excluding ortho intramolecular Hbond substituents is 1. The van der Waals surface area contributed by atoms with E-state index in [1.165, 1.54) is 19.2 Å². The third kappa shape index (κ3) is 2.43. The van der Waals surface area contributed by atoms with E-state index in [1.54, 1.807) is 37.3 Å². The lowest BCUT2D eigenvalue weighted by Crippen LogP contribution is -2.02. The van der Waals surface area contributed by atoms with Crippen LogP contribution >= 0.6 is 0 Å². The van der Waals surface area contributed by atoms with E-state index in [2.05, 4.69) is 0 Å². The number of benzene rings is 2. The minimum atomic E-state index is -0.517. The Morgan fingerprint density at radius 2 is 1.92 bits per heavy atom. The molecule has 0 atom stereocenters. The molecule has 4 rings (SSSR count). The second-order valence-corrected chi connectivity index (χ2v) is 5.93. The molecule has 0 radical (unpaired) electrons. The number of ketones is 1. The highest BCUT2D eigenvalue weighted by atomic mass is 16.5. The molecule has 0 unspecified atom stereocenters. The number of carbonyl (C=O) groups excluding carboxylic acids is 1. The molecule has 2 aromatic carbocycles. The lowest BCUT2D eigenvalue weighted by atomic mass is 10.0. The van der Waals surface area contributed by atoms with Crippen molar-refractivity contribution < 1.29 is 23.8 Å². The van der Waals surface area contributed by atoms with Gasteiger partial charge in [0.15, 0.2) is 22.8 Å². The first-order valence-electron chi connectivity index (χ1n) is 7.86. The lowest BCUT2D eigenvalue weighted by Gasteiger charge is -2.04. The summed E-state index contributed by atoms with van der Waals surface area (Å²) < 4.78 is 16.0. The summed E-state index contributed by atoms with van der Waals surface area (Å²) in [5.41, 5.74) is 1.30. The van der Waals surface area contributed by atoms with Gasteiger partial charge in [-0.1, -0.05) is 6.07 Å². The number of rotatable bonds is 2. The van der Waals surface area contributed by atoms with Crippen molar-refractivity contribution in [2.45, 2.75) is 6.92 Å². The van der Waals surface area contributed by atoms with Crippen molar-refractivity contribution in [1.29, 1.82) is 0 Å². The molecule has 26 heavy (non-hydrogen) atoms. The van der Waals surface area contributed by atoms with Gasteiger partial charge in [-0.15, -0.1) is 0 Å². The smallest absolute Gasteiger partial charge is 0.336 e. The molecule has 3 aromatic rings. The van der Waals surface area contributed by atoms with Gasteiger partial charge in [0.25, 0.3) is 0 Å². The summed E-state index contributed by atoms with van der Waals surface area (Å²) in [5.74, 6) is 0.360. The summed E-state index contributed by atoms with van der Waals surface area (Å²) in [6.07, 6.45) is 1.55. The predicted molar refractivity (Wildman–Crippen MR) is 94.8 cm³/mol. The Morgan fingerprint density at radius 3 is 2.69 bits per heavy atom. The molecule has 1 aromatic heterocycles. The fourth-order valence-electron chi connectivity index (χ4n) is 2.98. The molecule has 0 aliphatic carbocycles. The monoisotopic (exact) mass is 350 g/mol. The highest BCUT2D eigenvalue weighted by molar-refractivity contribution is 6.20. The van der Waals surface area contributed by atoms with E-state index >= 15 is 0 Å². The van der Waals surface area contributed by atoms with E-state index in [0.717, 1.165) is 5.56 Å². The predicted octanol–water partition coefficient (Wildman–Crippen LogP) is 3.43. The van der Waals surface area contributed by atoms with Gasteiger partial charge in [0.05, 0.1) is 7.11 Å². The number of aryl methyl sites for hydroxylation is 1. The third-order valence-corrected chi connectivity index (χ3v) is 4.25. The van der Waals surface area contributed by atoms with Crippen LogP contribution < -0.4 is 15.1 Å². The number of methoxy groups -OCH3 is 1. The Kier molecular flexibility index (Phi) is 3.54. The fourth-order valence-corrected chi connectivity index (χ4v) is 2.98. The highest BCUT2D eigenvalue weighted by Crippen LogP contribution is 2.38. The minimum Gasteiger partial charge on any atom is -0.504 e. The number of Topliss-reactive ketones (excluding diaryl/α,β-unsaturated/α-hetero) is 1. The van der Waals surface area contributed by atoms with Gasteiger partial charge in [0.1, 0.15) is 11.3 Å². The molecule has 130 valence electrons. The Labute approximate surface area is 147 Å². The Hall–Kier alpha value is -3.54. The van der Waals surface area contributed by atoms with E-state index in [-0.39, 0.29) is 34.2 Å². The van der Waals surface area contributed by atoms with Crippen LogP contribution in [0.15, 0.2) is 51.4 Å². The van der Waals surface area contributed by atoms with Crippen LogP contribution in [0, 0.1) is 6.92 Å². The number of ether oxygens (including phenoxy) is 2. The number of hydrogen-bond donors (Lipinski definition) is 1. The SMILES string of the molecule is COc1cc(C=C2Oc3ccc4c(C)cc(=O)oc4c3C2=O)ccc1O. The van der Waals surface area contributed by atoms with Gasteiger partial charge < -0.3 is 19.0 Å².